The van der Waals surface area contributed by atoms with Crippen LogP contribution in [0.5, 0.6) is 5.75 Å². The van der Waals surface area contributed by atoms with Crippen molar-refractivity contribution in [2.45, 2.75) is 19.8 Å². The maximum Gasteiger partial charge on any atom is 0.278 e. The van der Waals surface area contributed by atoms with Crippen molar-refractivity contribution in [3.05, 3.63) is 47.5 Å². The van der Waals surface area contributed by atoms with Gasteiger partial charge in [-0.2, -0.15) is 0 Å². The number of ether oxygens (including phenoxy) is 1. The molecule has 0 radical (unpaired) electrons. The predicted molar refractivity (Wildman–Crippen MR) is 86.7 cm³/mol. The minimum Gasteiger partial charge on any atom is -0.491 e. The highest BCUT2D eigenvalue weighted by Gasteiger charge is 2.20. The Balaban J connectivity index is 1.86. The van der Waals surface area contributed by atoms with Crippen LogP contribution in [0.3, 0.4) is 0 Å². The molecule has 6 nitrogen and oxygen atoms in total. The maximum absolute atomic E-state index is 14.2. The van der Waals surface area contributed by atoms with Crippen molar-refractivity contribution in [3.8, 4) is 5.75 Å². The minimum absolute atomic E-state index is 0.0444. The highest BCUT2D eigenvalue weighted by molar-refractivity contribution is 6.05. The summed E-state index contributed by atoms with van der Waals surface area (Å²) in [6, 6.07) is 6.03. The Morgan fingerprint density at radius 2 is 2.25 bits per heavy atom. The van der Waals surface area contributed by atoms with Crippen LogP contribution in [0.4, 0.5) is 15.8 Å². The molecule has 2 amide bonds. The van der Waals surface area contributed by atoms with Gasteiger partial charge in [0.25, 0.3) is 5.91 Å². The molecule has 1 aliphatic rings. The van der Waals surface area contributed by atoms with Gasteiger partial charge in [0.15, 0.2) is 11.4 Å². The van der Waals surface area contributed by atoms with E-state index < -0.39 is 11.7 Å². The number of nitrogens with one attached hydrogen (secondary N) is 2. The lowest BCUT2D eigenvalue weighted by molar-refractivity contribution is -0.116. The van der Waals surface area contributed by atoms with Gasteiger partial charge in [-0.15, -0.1) is 0 Å². The average molecular weight is 329 g/mol. The van der Waals surface area contributed by atoms with Crippen molar-refractivity contribution in [2.24, 2.45) is 0 Å². The van der Waals surface area contributed by atoms with Gasteiger partial charge in [-0.05, 0) is 43.2 Å². The second kappa shape index (κ2) is 6.66. The molecule has 0 atom stereocenters. The number of hydrogen-bond acceptors (Lipinski definition) is 4. The van der Waals surface area contributed by atoms with E-state index >= 15 is 0 Å². The van der Waals surface area contributed by atoms with Gasteiger partial charge in [0.05, 0.1) is 12.3 Å². The fourth-order valence-corrected chi connectivity index (χ4v) is 2.51. The van der Waals surface area contributed by atoms with E-state index in [0.29, 0.717) is 30.9 Å². The Kier molecular flexibility index (Phi) is 4.41. The average Bonchev–Trinajstić information content (AvgIpc) is 2.56. The summed E-state index contributed by atoms with van der Waals surface area (Å²) < 4.78 is 19.6. The molecule has 2 aromatic rings. The predicted octanol–water partition coefficient (Wildman–Crippen LogP) is 2.76. The highest BCUT2D eigenvalue weighted by Crippen LogP contribution is 2.29. The third-order valence-corrected chi connectivity index (χ3v) is 3.62. The second-order valence-corrected chi connectivity index (χ2v) is 5.27. The first kappa shape index (κ1) is 15.9. The monoisotopic (exact) mass is 329 g/mol. The molecule has 0 saturated carbocycles. The number of aromatic nitrogens is 1. The van der Waals surface area contributed by atoms with Crippen molar-refractivity contribution in [1.82, 2.24) is 4.98 Å². The first-order chi connectivity index (χ1) is 11.6. The highest BCUT2D eigenvalue weighted by atomic mass is 19.1. The fourth-order valence-electron chi connectivity index (χ4n) is 2.51. The van der Waals surface area contributed by atoms with Crippen LogP contribution >= 0.6 is 0 Å². The standard InChI is InChI=1S/C17H16FN3O3/c1-2-24-14-4-3-7-19-16(14)17(23)21-13-8-10-5-6-15(22)20-12(10)9-11(13)18/h3-4,7-9H,2,5-6H2,1H3,(H,20,22)(H,21,23). The van der Waals surface area contributed by atoms with E-state index in [9.17, 15) is 14.0 Å². The van der Waals surface area contributed by atoms with E-state index in [1.165, 1.54) is 18.3 Å². The number of hydrogen-bond donors (Lipinski definition) is 2. The van der Waals surface area contributed by atoms with Gasteiger partial charge in [0.1, 0.15) is 5.82 Å². The summed E-state index contributed by atoms with van der Waals surface area (Å²) in [7, 11) is 0. The summed E-state index contributed by atoms with van der Waals surface area (Å²) in [5.41, 5.74) is 1.35. The van der Waals surface area contributed by atoms with Crippen LogP contribution in [0.15, 0.2) is 30.5 Å². The number of rotatable bonds is 4. The largest absolute Gasteiger partial charge is 0.491 e. The number of fused-ring (bicyclic) bond motifs is 1. The summed E-state index contributed by atoms with van der Waals surface area (Å²) in [6.07, 6.45) is 2.30. The molecule has 1 aromatic carbocycles. The van der Waals surface area contributed by atoms with E-state index in [2.05, 4.69) is 15.6 Å². The van der Waals surface area contributed by atoms with Crippen molar-refractivity contribution < 1.29 is 18.7 Å². The van der Waals surface area contributed by atoms with Gasteiger partial charge in [-0.3, -0.25) is 9.59 Å². The summed E-state index contributed by atoms with van der Waals surface area (Å²) >= 11 is 0. The molecule has 1 aliphatic heterocycles. The zero-order valence-electron chi connectivity index (χ0n) is 13.1. The van der Waals surface area contributed by atoms with E-state index in [-0.39, 0.29) is 17.3 Å². The number of carbonyl (C=O) groups excluding carboxylic acids is 2. The van der Waals surface area contributed by atoms with Crippen molar-refractivity contribution in [3.63, 3.8) is 0 Å². The van der Waals surface area contributed by atoms with Gasteiger partial charge in [-0.1, -0.05) is 0 Å². The Morgan fingerprint density at radius 3 is 3.04 bits per heavy atom. The zero-order chi connectivity index (χ0) is 17.1. The van der Waals surface area contributed by atoms with Crippen LogP contribution < -0.4 is 15.4 Å². The van der Waals surface area contributed by atoms with Crippen LogP contribution in [0.25, 0.3) is 0 Å². The third-order valence-electron chi connectivity index (χ3n) is 3.62. The van der Waals surface area contributed by atoms with Gasteiger partial charge in [0, 0.05) is 18.3 Å². The molecule has 1 aromatic heterocycles. The molecule has 2 heterocycles. The number of pyridine rings is 1. The van der Waals surface area contributed by atoms with E-state index in [4.69, 9.17) is 4.74 Å². The molecule has 3 rings (SSSR count). The molecule has 0 bridgehead atoms. The number of nitrogens with zero attached hydrogens (tertiary/aromatic N) is 1. The lowest BCUT2D eigenvalue weighted by atomic mass is 10.0. The molecular formula is C17H16FN3O3. The fraction of sp³-hybridized carbons (Fsp3) is 0.235. The Morgan fingerprint density at radius 1 is 1.42 bits per heavy atom. The first-order valence-corrected chi connectivity index (χ1v) is 7.60. The Hall–Kier alpha value is -2.96. The number of halogens is 1. The van der Waals surface area contributed by atoms with E-state index in [1.54, 1.807) is 19.1 Å². The molecule has 0 unspecified atom stereocenters. The number of aryl methyl sites for hydroxylation is 1. The molecule has 0 spiro atoms. The number of carbonyl (C=O) groups is 2. The number of benzene rings is 1. The maximum atomic E-state index is 14.2. The summed E-state index contributed by atoms with van der Waals surface area (Å²) in [4.78, 5) is 27.8. The lowest BCUT2D eigenvalue weighted by Crippen LogP contribution is -2.21. The molecule has 2 N–H and O–H groups in total. The van der Waals surface area contributed by atoms with Gasteiger partial charge < -0.3 is 15.4 Å². The molecule has 124 valence electrons. The van der Waals surface area contributed by atoms with Gasteiger partial charge >= 0.3 is 0 Å². The van der Waals surface area contributed by atoms with Crippen molar-refractivity contribution in [2.75, 3.05) is 17.2 Å². The molecule has 0 aliphatic carbocycles. The molecule has 0 fully saturated rings. The van der Waals surface area contributed by atoms with Crippen LogP contribution in [0.1, 0.15) is 29.4 Å². The van der Waals surface area contributed by atoms with E-state index in [0.717, 1.165) is 5.56 Å². The normalized spacial score (nSPS) is 13.0. The molecule has 24 heavy (non-hydrogen) atoms. The van der Waals surface area contributed by atoms with Crippen LogP contribution in [0, 0.1) is 5.82 Å². The van der Waals surface area contributed by atoms with E-state index in [1.807, 2.05) is 0 Å². The summed E-state index contributed by atoms with van der Waals surface area (Å²) in [6.45, 7) is 2.19. The molecule has 7 heteroatoms. The Bertz CT molecular complexity index is 808. The zero-order valence-corrected chi connectivity index (χ0v) is 13.1. The topological polar surface area (TPSA) is 80.3 Å². The minimum atomic E-state index is -0.627. The molecule has 0 saturated heterocycles. The SMILES string of the molecule is CCOc1cccnc1C(=O)Nc1cc2c(cc1F)NC(=O)CC2. The summed E-state index contributed by atoms with van der Waals surface area (Å²) in [5, 5.41) is 5.13. The smallest absolute Gasteiger partial charge is 0.278 e. The van der Waals surface area contributed by atoms with Gasteiger partial charge in [-0.25, -0.2) is 9.37 Å². The third kappa shape index (κ3) is 3.19. The van der Waals surface area contributed by atoms with Crippen LogP contribution in [-0.4, -0.2) is 23.4 Å². The quantitative estimate of drug-likeness (QED) is 0.904. The Labute approximate surface area is 138 Å². The second-order valence-electron chi connectivity index (χ2n) is 5.27. The van der Waals surface area contributed by atoms with Crippen molar-refractivity contribution >= 4 is 23.2 Å². The van der Waals surface area contributed by atoms with Crippen LogP contribution in [0.2, 0.25) is 0 Å². The number of amides is 2. The molecular weight excluding hydrogens is 313 g/mol. The van der Waals surface area contributed by atoms with Gasteiger partial charge in [0.2, 0.25) is 5.91 Å². The first-order valence-electron chi connectivity index (χ1n) is 7.60. The summed E-state index contributed by atoms with van der Waals surface area (Å²) in [5.74, 6) is -0.993. The number of anilines is 2. The van der Waals surface area contributed by atoms with Crippen LogP contribution in [-0.2, 0) is 11.2 Å². The van der Waals surface area contributed by atoms with Crippen molar-refractivity contribution in [1.29, 1.82) is 0 Å². The lowest BCUT2D eigenvalue weighted by Gasteiger charge is -2.18.